The lowest BCUT2D eigenvalue weighted by Crippen LogP contribution is -2.21. The number of aliphatic hydroxyl groups is 2. The van der Waals surface area contributed by atoms with E-state index in [-0.39, 0.29) is 11.4 Å². The van der Waals surface area contributed by atoms with Gasteiger partial charge in [-0.05, 0) is 6.07 Å². The standard InChI is InChI=1S/C9H10ClFN2O4/c10-3-7(14)9(15)5-1-4(11)2-6(8(5)12)13(16)17/h1-2,7,9,14-15H,3,12H2. The van der Waals surface area contributed by atoms with Crippen molar-refractivity contribution < 1.29 is 19.5 Å². The van der Waals surface area contributed by atoms with Crippen LogP contribution in [-0.2, 0) is 0 Å². The number of alkyl halides is 1. The van der Waals surface area contributed by atoms with Gasteiger partial charge in [0.15, 0.2) is 0 Å². The van der Waals surface area contributed by atoms with E-state index < -0.39 is 34.3 Å². The van der Waals surface area contributed by atoms with Crippen molar-refractivity contribution in [1.29, 1.82) is 0 Å². The van der Waals surface area contributed by atoms with E-state index >= 15 is 0 Å². The molecular formula is C9H10ClFN2O4. The normalized spacial score (nSPS) is 14.4. The van der Waals surface area contributed by atoms with Gasteiger partial charge in [0.1, 0.15) is 17.6 Å². The van der Waals surface area contributed by atoms with E-state index in [2.05, 4.69) is 0 Å². The SMILES string of the molecule is Nc1c(C(O)C(O)CCl)cc(F)cc1[N+](=O)[O-]. The van der Waals surface area contributed by atoms with Gasteiger partial charge in [-0.25, -0.2) is 4.39 Å². The quantitative estimate of drug-likeness (QED) is 0.325. The summed E-state index contributed by atoms with van der Waals surface area (Å²) < 4.78 is 13.1. The first-order valence-electron chi connectivity index (χ1n) is 4.54. The first-order valence-corrected chi connectivity index (χ1v) is 5.07. The van der Waals surface area contributed by atoms with E-state index in [1.54, 1.807) is 0 Å². The zero-order chi connectivity index (χ0) is 13.2. The van der Waals surface area contributed by atoms with Crippen LogP contribution in [0.25, 0.3) is 0 Å². The molecule has 0 fully saturated rings. The Labute approximate surface area is 101 Å². The van der Waals surface area contributed by atoms with E-state index in [9.17, 15) is 24.7 Å². The predicted molar refractivity (Wildman–Crippen MR) is 59.2 cm³/mol. The van der Waals surface area contributed by atoms with Crippen LogP contribution in [-0.4, -0.2) is 27.1 Å². The van der Waals surface area contributed by atoms with Crippen LogP contribution >= 0.6 is 11.6 Å². The monoisotopic (exact) mass is 264 g/mol. The summed E-state index contributed by atoms with van der Waals surface area (Å²) in [6, 6.07) is 1.46. The zero-order valence-corrected chi connectivity index (χ0v) is 9.26. The van der Waals surface area contributed by atoms with Gasteiger partial charge < -0.3 is 15.9 Å². The zero-order valence-electron chi connectivity index (χ0n) is 8.51. The summed E-state index contributed by atoms with van der Waals surface area (Å²) in [5.74, 6) is -1.24. The summed E-state index contributed by atoms with van der Waals surface area (Å²) >= 11 is 5.31. The molecule has 0 heterocycles. The Hall–Kier alpha value is -1.44. The maximum absolute atomic E-state index is 13.1. The van der Waals surface area contributed by atoms with Crippen LogP contribution in [0.2, 0.25) is 0 Å². The van der Waals surface area contributed by atoms with Crippen molar-refractivity contribution in [2.24, 2.45) is 0 Å². The van der Waals surface area contributed by atoms with E-state index in [1.165, 1.54) is 0 Å². The third-order valence-electron chi connectivity index (χ3n) is 2.19. The lowest BCUT2D eigenvalue weighted by atomic mass is 10.0. The number of nitro benzene ring substituents is 1. The van der Waals surface area contributed by atoms with Crippen molar-refractivity contribution in [1.82, 2.24) is 0 Å². The fourth-order valence-corrected chi connectivity index (χ4v) is 1.48. The highest BCUT2D eigenvalue weighted by Gasteiger charge is 2.25. The Morgan fingerprint density at radius 1 is 1.53 bits per heavy atom. The average molecular weight is 265 g/mol. The molecule has 1 aromatic rings. The van der Waals surface area contributed by atoms with Crippen LogP contribution < -0.4 is 5.73 Å². The number of nitro groups is 1. The molecule has 8 heteroatoms. The Balaban J connectivity index is 3.29. The fraction of sp³-hybridized carbons (Fsp3) is 0.333. The van der Waals surface area contributed by atoms with Crippen LogP contribution in [0.4, 0.5) is 15.8 Å². The van der Waals surface area contributed by atoms with Crippen LogP contribution in [0, 0.1) is 15.9 Å². The molecule has 0 saturated carbocycles. The summed E-state index contributed by atoms with van der Waals surface area (Å²) in [7, 11) is 0. The second kappa shape index (κ2) is 5.26. The largest absolute Gasteiger partial charge is 0.393 e. The fourth-order valence-electron chi connectivity index (χ4n) is 1.31. The predicted octanol–water partition coefficient (Wildman–Crippen LogP) is 0.949. The Morgan fingerprint density at radius 2 is 2.12 bits per heavy atom. The van der Waals surface area contributed by atoms with Gasteiger partial charge in [-0.3, -0.25) is 10.1 Å². The highest BCUT2D eigenvalue weighted by atomic mass is 35.5. The first kappa shape index (κ1) is 13.6. The molecule has 0 radical (unpaired) electrons. The smallest absolute Gasteiger partial charge is 0.295 e. The molecule has 17 heavy (non-hydrogen) atoms. The lowest BCUT2D eigenvalue weighted by molar-refractivity contribution is -0.384. The van der Waals surface area contributed by atoms with Gasteiger partial charge in [-0.15, -0.1) is 11.6 Å². The van der Waals surface area contributed by atoms with Gasteiger partial charge >= 0.3 is 0 Å². The molecule has 1 rings (SSSR count). The number of halogens is 2. The summed E-state index contributed by atoms with van der Waals surface area (Å²) in [5, 5.41) is 29.5. The topological polar surface area (TPSA) is 110 Å². The third-order valence-corrected chi connectivity index (χ3v) is 2.51. The molecule has 0 spiro atoms. The van der Waals surface area contributed by atoms with Crippen molar-refractivity contribution in [3.05, 3.63) is 33.6 Å². The molecule has 94 valence electrons. The van der Waals surface area contributed by atoms with Crippen molar-refractivity contribution in [2.75, 3.05) is 11.6 Å². The van der Waals surface area contributed by atoms with Crippen LogP contribution in [0.5, 0.6) is 0 Å². The number of hydrogen-bond acceptors (Lipinski definition) is 5. The van der Waals surface area contributed by atoms with E-state index in [4.69, 9.17) is 17.3 Å². The third kappa shape index (κ3) is 2.82. The van der Waals surface area contributed by atoms with Crippen molar-refractivity contribution >= 4 is 23.0 Å². The van der Waals surface area contributed by atoms with Crippen LogP contribution in [0.3, 0.4) is 0 Å². The first-order chi connectivity index (χ1) is 7.88. The molecule has 1 aromatic carbocycles. The number of hydrogen-bond donors (Lipinski definition) is 3. The number of rotatable bonds is 4. The molecular weight excluding hydrogens is 255 g/mol. The van der Waals surface area contributed by atoms with Gasteiger partial charge in [0, 0.05) is 5.56 Å². The minimum absolute atomic E-state index is 0.259. The summed E-state index contributed by atoms with van der Waals surface area (Å²) in [4.78, 5) is 9.70. The van der Waals surface area contributed by atoms with Crippen molar-refractivity contribution in [3.63, 3.8) is 0 Å². The molecule has 0 saturated heterocycles. The molecule has 2 unspecified atom stereocenters. The molecule has 0 amide bonds. The van der Waals surface area contributed by atoms with E-state index in [1.807, 2.05) is 0 Å². The van der Waals surface area contributed by atoms with Crippen molar-refractivity contribution in [3.8, 4) is 0 Å². The molecule has 0 bridgehead atoms. The summed E-state index contributed by atoms with van der Waals surface area (Å²) in [6.07, 6.45) is -2.97. The van der Waals surface area contributed by atoms with E-state index in [0.717, 1.165) is 6.07 Å². The number of aliphatic hydroxyl groups excluding tert-OH is 2. The highest BCUT2D eigenvalue weighted by Crippen LogP contribution is 2.32. The highest BCUT2D eigenvalue weighted by molar-refractivity contribution is 6.18. The summed E-state index contributed by atoms with van der Waals surface area (Å²) in [5.41, 5.74) is 4.10. The second-order valence-corrected chi connectivity index (χ2v) is 3.66. The van der Waals surface area contributed by atoms with Crippen LogP contribution in [0.1, 0.15) is 11.7 Å². The van der Waals surface area contributed by atoms with E-state index in [0.29, 0.717) is 6.07 Å². The van der Waals surface area contributed by atoms with Gasteiger partial charge in [0.2, 0.25) is 0 Å². The number of nitrogen functional groups attached to an aromatic ring is 1. The molecule has 0 aliphatic carbocycles. The number of benzene rings is 1. The number of nitrogens with two attached hydrogens (primary N) is 1. The molecule has 2 atom stereocenters. The Morgan fingerprint density at radius 3 is 2.59 bits per heavy atom. The summed E-state index contributed by atoms with van der Waals surface area (Å²) in [6.45, 7) is 0. The van der Waals surface area contributed by atoms with Gasteiger partial charge in [0.25, 0.3) is 5.69 Å². The maximum atomic E-state index is 13.1. The molecule has 0 aliphatic heterocycles. The molecule has 0 aromatic heterocycles. The van der Waals surface area contributed by atoms with Crippen molar-refractivity contribution in [2.45, 2.75) is 12.2 Å². The van der Waals surface area contributed by atoms with Gasteiger partial charge in [0.05, 0.1) is 23.0 Å². The minimum Gasteiger partial charge on any atom is -0.393 e. The molecule has 4 N–H and O–H groups in total. The second-order valence-electron chi connectivity index (χ2n) is 3.35. The van der Waals surface area contributed by atoms with Gasteiger partial charge in [-0.2, -0.15) is 0 Å². The number of nitrogens with zero attached hydrogens (tertiary/aromatic N) is 1. The number of anilines is 1. The molecule has 0 aliphatic rings. The average Bonchev–Trinajstić information content (AvgIpc) is 2.29. The van der Waals surface area contributed by atoms with Gasteiger partial charge in [-0.1, -0.05) is 0 Å². The lowest BCUT2D eigenvalue weighted by Gasteiger charge is -2.17. The molecule has 6 nitrogen and oxygen atoms in total. The Bertz CT molecular complexity index is 443. The van der Waals surface area contributed by atoms with Crippen LogP contribution in [0.15, 0.2) is 12.1 Å². The minimum atomic E-state index is -1.58. The maximum Gasteiger partial charge on any atom is 0.295 e. The Kier molecular flexibility index (Phi) is 4.22.